The molecule has 2 rings (SSSR count). The first-order valence-corrected chi connectivity index (χ1v) is 4.54. The smallest absolute Gasteiger partial charge is 0.322 e. The lowest BCUT2D eigenvalue weighted by Gasteiger charge is -2.04. The van der Waals surface area contributed by atoms with Crippen molar-refractivity contribution in [3.8, 4) is 0 Å². The first-order chi connectivity index (χ1) is 6.66. The average molecular weight is 196 g/mol. The number of rotatable bonds is 4. The molecule has 1 atom stereocenters. The van der Waals surface area contributed by atoms with Crippen LogP contribution in [0.25, 0.3) is 0 Å². The van der Waals surface area contributed by atoms with Gasteiger partial charge in [-0.15, -0.1) is 0 Å². The van der Waals surface area contributed by atoms with Gasteiger partial charge in [-0.1, -0.05) is 0 Å². The number of aromatic nitrogens is 3. The maximum Gasteiger partial charge on any atom is 0.322 e. The van der Waals surface area contributed by atoms with E-state index in [-0.39, 0.29) is 6.54 Å². The Bertz CT molecular complexity index is 345. The highest BCUT2D eigenvalue weighted by molar-refractivity contribution is 5.72. The monoisotopic (exact) mass is 196 g/mol. The molecule has 1 aromatic rings. The summed E-state index contributed by atoms with van der Waals surface area (Å²) in [6, 6.07) is -0.913. The third kappa shape index (κ3) is 1.90. The molecule has 0 saturated heterocycles. The fraction of sp³-hybridized carbons (Fsp3) is 0.625. The summed E-state index contributed by atoms with van der Waals surface area (Å²) in [7, 11) is 0. The zero-order chi connectivity index (χ0) is 10.1. The first kappa shape index (κ1) is 9.14. The highest BCUT2D eigenvalue weighted by atomic mass is 16.4. The molecule has 1 aliphatic rings. The van der Waals surface area contributed by atoms with E-state index in [1.54, 1.807) is 0 Å². The lowest BCUT2D eigenvalue weighted by molar-refractivity contribution is -0.138. The van der Waals surface area contributed by atoms with E-state index in [4.69, 9.17) is 10.8 Å². The van der Waals surface area contributed by atoms with Crippen LogP contribution in [-0.4, -0.2) is 31.9 Å². The van der Waals surface area contributed by atoms with E-state index in [9.17, 15) is 4.79 Å². The minimum absolute atomic E-state index is 0.176. The van der Waals surface area contributed by atoms with Crippen LogP contribution in [0.3, 0.4) is 0 Å². The summed E-state index contributed by atoms with van der Waals surface area (Å²) in [5, 5.41) is 12.7. The molecule has 1 aliphatic carbocycles. The zero-order valence-electron chi connectivity index (χ0n) is 7.63. The lowest BCUT2D eigenvalue weighted by atomic mass is 10.3. The number of nitrogens with zero attached hydrogens (tertiary/aromatic N) is 3. The predicted octanol–water partition coefficient (Wildman–Crippen LogP) is -0.433. The van der Waals surface area contributed by atoms with Crippen molar-refractivity contribution >= 4 is 5.97 Å². The maximum absolute atomic E-state index is 10.5. The van der Waals surface area contributed by atoms with Crippen molar-refractivity contribution in [2.24, 2.45) is 5.73 Å². The Labute approximate surface area is 80.7 Å². The second-order valence-corrected chi connectivity index (χ2v) is 3.54. The molecule has 0 radical (unpaired) electrons. The van der Waals surface area contributed by atoms with Gasteiger partial charge in [0, 0.05) is 5.92 Å². The molecule has 6 heteroatoms. The van der Waals surface area contributed by atoms with E-state index in [1.807, 2.05) is 0 Å². The van der Waals surface area contributed by atoms with Crippen LogP contribution >= 0.6 is 0 Å². The molecule has 3 N–H and O–H groups in total. The molecule has 1 aromatic heterocycles. The van der Waals surface area contributed by atoms with Crippen molar-refractivity contribution in [3.05, 3.63) is 12.2 Å². The minimum Gasteiger partial charge on any atom is -0.480 e. The third-order valence-corrected chi connectivity index (χ3v) is 2.20. The molecule has 0 spiro atoms. The number of aliphatic carboxylic acids is 1. The minimum atomic E-state index is -1.02. The Morgan fingerprint density at radius 3 is 3.07 bits per heavy atom. The molecule has 0 aliphatic heterocycles. The molecule has 1 unspecified atom stereocenters. The summed E-state index contributed by atoms with van der Waals surface area (Å²) < 4.78 is 1.49. The molecule has 0 aromatic carbocycles. The molecule has 0 amide bonds. The van der Waals surface area contributed by atoms with E-state index in [2.05, 4.69) is 10.1 Å². The Hall–Kier alpha value is -1.43. The highest BCUT2D eigenvalue weighted by Crippen LogP contribution is 2.37. The van der Waals surface area contributed by atoms with Gasteiger partial charge in [0.05, 0.1) is 6.54 Å². The van der Waals surface area contributed by atoms with Gasteiger partial charge in [0.1, 0.15) is 12.4 Å². The van der Waals surface area contributed by atoms with E-state index in [1.165, 1.54) is 11.0 Å². The van der Waals surface area contributed by atoms with Crippen LogP contribution in [0, 0.1) is 0 Å². The lowest BCUT2D eigenvalue weighted by Crippen LogP contribution is -2.34. The molecule has 1 saturated carbocycles. The Kier molecular flexibility index (Phi) is 2.20. The standard InChI is InChI=1S/C8H12N4O2/c9-6(8(13)14)3-12-4-10-7(11-12)5-1-2-5/h4-6H,1-3,9H2,(H,13,14). The van der Waals surface area contributed by atoms with E-state index in [0.29, 0.717) is 5.92 Å². The van der Waals surface area contributed by atoms with E-state index < -0.39 is 12.0 Å². The number of hydrogen-bond acceptors (Lipinski definition) is 4. The van der Waals surface area contributed by atoms with E-state index in [0.717, 1.165) is 18.7 Å². The largest absolute Gasteiger partial charge is 0.480 e. The summed E-state index contributed by atoms with van der Waals surface area (Å²) in [5.74, 6) is 0.272. The van der Waals surface area contributed by atoms with Crippen LogP contribution in [0.15, 0.2) is 6.33 Å². The number of carboxylic acid groups (broad SMARTS) is 1. The Morgan fingerprint density at radius 2 is 2.50 bits per heavy atom. The number of hydrogen-bond donors (Lipinski definition) is 2. The molecule has 0 bridgehead atoms. The topological polar surface area (TPSA) is 94.0 Å². The molecule has 76 valence electrons. The van der Waals surface area contributed by atoms with Crippen LogP contribution in [0.2, 0.25) is 0 Å². The molecule has 1 heterocycles. The quantitative estimate of drug-likeness (QED) is 0.681. The summed E-state index contributed by atoms with van der Waals surface area (Å²) in [5.41, 5.74) is 5.36. The van der Waals surface area contributed by atoms with Crippen molar-refractivity contribution in [3.63, 3.8) is 0 Å². The van der Waals surface area contributed by atoms with Gasteiger partial charge in [0.15, 0.2) is 5.82 Å². The SMILES string of the molecule is NC(Cn1cnc(C2CC2)n1)C(=O)O. The summed E-state index contributed by atoms with van der Waals surface area (Å²) in [6.45, 7) is 0.176. The maximum atomic E-state index is 10.5. The van der Waals surface area contributed by atoms with Gasteiger partial charge in [0.25, 0.3) is 0 Å². The van der Waals surface area contributed by atoms with Gasteiger partial charge >= 0.3 is 5.97 Å². The van der Waals surface area contributed by atoms with Crippen molar-refractivity contribution in [1.82, 2.24) is 14.8 Å². The fourth-order valence-corrected chi connectivity index (χ4v) is 1.21. The van der Waals surface area contributed by atoms with Gasteiger partial charge < -0.3 is 10.8 Å². The average Bonchev–Trinajstić information content (AvgIpc) is 2.88. The second-order valence-electron chi connectivity index (χ2n) is 3.54. The van der Waals surface area contributed by atoms with Gasteiger partial charge in [-0.2, -0.15) is 5.10 Å². The fourth-order valence-electron chi connectivity index (χ4n) is 1.21. The third-order valence-electron chi connectivity index (χ3n) is 2.20. The summed E-state index contributed by atoms with van der Waals surface area (Å²) in [6.07, 6.45) is 3.81. The van der Waals surface area contributed by atoms with Gasteiger partial charge in [-0.05, 0) is 12.8 Å². The van der Waals surface area contributed by atoms with Crippen LogP contribution in [-0.2, 0) is 11.3 Å². The van der Waals surface area contributed by atoms with E-state index >= 15 is 0 Å². The molecule has 14 heavy (non-hydrogen) atoms. The predicted molar refractivity (Wildman–Crippen MR) is 47.6 cm³/mol. The number of carbonyl (C=O) groups is 1. The molecule has 1 fully saturated rings. The molecular formula is C8H12N4O2. The summed E-state index contributed by atoms with van der Waals surface area (Å²) in [4.78, 5) is 14.6. The summed E-state index contributed by atoms with van der Waals surface area (Å²) >= 11 is 0. The second kappa shape index (κ2) is 3.38. The van der Waals surface area contributed by atoms with Gasteiger partial charge in [-0.25, -0.2) is 4.98 Å². The van der Waals surface area contributed by atoms with Crippen LogP contribution < -0.4 is 5.73 Å². The van der Waals surface area contributed by atoms with Crippen molar-refractivity contribution < 1.29 is 9.90 Å². The van der Waals surface area contributed by atoms with Crippen LogP contribution in [0.1, 0.15) is 24.6 Å². The number of nitrogens with two attached hydrogens (primary N) is 1. The zero-order valence-corrected chi connectivity index (χ0v) is 7.63. The Morgan fingerprint density at radius 1 is 1.79 bits per heavy atom. The van der Waals surface area contributed by atoms with Crippen LogP contribution in [0.4, 0.5) is 0 Å². The first-order valence-electron chi connectivity index (χ1n) is 4.54. The highest BCUT2D eigenvalue weighted by Gasteiger charge is 2.27. The van der Waals surface area contributed by atoms with Gasteiger partial charge in [-0.3, -0.25) is 9.48 Å². The van der Waals surface area contributed by atoms with Crippen molar-refractivity contribution in [2.75, 3.05) is 0 Å². The molecular weight excluding hydrogens is 184 g/mol. The van der Waals surface area contributed by atoms with Crippen LogP contribution in [0.5, 0.6) is 0 Å². The van der Waals surface area contributed by atoms with Gasteiger partial charge in [0.2, 0.25) is 0 Å². The van der Waals surface area contributed by atoms with Crippen molar-refractivity contribution in [2.45, 2.75) is 31.3 Å². The molecule has 6 nitrogen and oxygen atoms in total. The number of carboxylic acids is 1. The van der Waals surface area contributed by atoms with Crippen molar-refractivity contribution in [1.29, 1.82) is 0 Å². The Balaban J connectivity index is 1.98. The normalized spacial score (nSPS) is 18.1.